The lowest BCUT2D eigenvalue weighted by atomic mass is 10.1. The Morgan fingerprint density at radius 1 is 1.15 bits per heavy atom. The van der Waals surface area contributed by atoms with Crippen LogP contribution < -0.4 is 19.3 Å². The largest absolute Gasteiger partial charge is 0.493 e. The first-order chi connectivity index (χ1) is 13.1. The Hall–Kier alpha value is -2.69. The van der Waals surface area contributed by atoms with Gasteiger partial charge < -0.3 is 19.3 Å². The average molecular weight is 366 g/mol. The van der Waals surface area contributed by atoms with Gasteiger partial charge in [-0.1, -0.05) is 31.5 Å². The molecule has 0 aliphatic carbocycles. The molecule has 0 fully saturated rings. The van der Waals surface area contributed by atoms with Crippen molar-refractivity contribution in [1.82, 2.24) is 0 Å². The quantitative estimate of drug-likeness (QED) is 0.753. The van der Waals surface area contributed by atoms with E-state index >= 15 is 0 Å². The van der Waals surface area contributed by atoms with Crippen molar-refractivity contribution in [3.63, 3.8) is 0 Å². The number of ether oxygens (including phenoxy) is 2. The van der Waals surface area contributed by atoms with Crippen LogP contribution in [0.1, 0.15) is 35.7 Å². The van der Waals surface area contributed by atoms with Gasteiger partial charge in [-0.15, -0.1) is 0 Å². The molecule has 0 bridgehead atoms. The van der Waals surface area contributed by atoms with E-state index in [-0.39, 0.29) is 11.9 Å². The third-order valence-electron chi connectivity index (χ3n) is 5.45. The first-order valence-electron chi connectivity index (χ1n) is 9.61. The van der Waals surface area contributed by atoms with Crippen LogP contribution in [0.25, 0.3) is 0 Å². The summed E-state index contributed by atoms with van der Waals surface area (Å²) in [6, 6.07) is 12.1. The fraction of sp³-hybridized carbons (Fsp3) is 0.409. The summed E-state index contributed by atoms with van der Waals surface area (Å²) >= 11 is 0. The molecular weight excluding hydrogens is 340 g/mol. The third kappa shape index (κ3) is 3.01. The molecule has 0 radical (unpaired) electrons. The van der Waals surface area contributed by atoms with Crippen LogP contribution in [0.5, 0.6) is 11.5 Å². The van der Waals surface area contributed by atoms with Crippen molar-refractivity contribution in [2.45, 2.75) is 32.2 Å². The standard InChI is InChI=1S/C22H26N2O3/c1-4-5-10-27-21-13-19-17(12-20(21)26-3)22(25)24-16(14-23(19)2)11-15-8-6-7-9-18(15)24/h6-9,12-13,16H,4-5,10-11,14H2,1-3H3/t16-/m0/s1. The summed E-state index contributed by atoms with van der Waals surface area (Å²) in [5, 5.41) is 0. The van der Waals surface area contributed by atoms with E-state index in [1.54, 1.807) is 7.11 Å². The summed E-state index contributed by atoms with van der Waals surface area (Å²) < 4.78 is 11.5. The maximum Gasteiger partial charge on any atom is 0.260 e. The number of hydrogen-bond acceptors (Lipinski definition) is 4. The number of rotatable bonds is 5. The average Bonchev–Trinajstić information content (AvgIpc) is 3.00. The number of carbonyl (C=O) groups excluding carboxylic acids is 1. The summed E-state index contributed by atoms with van der Waals surface area (Å²) in [4.78, 5) is 17.6. The molecular formula is C22H26N2O3. The predicted molar refractivity (Wildman–Crippen MR) is 107 cm³/mol. The summed E-state index contributed by atoms with van der Waals surface area (Å²) in [5.74, 6) is 1.34. The van der Waals surface area contributed by atoms with Crippen LogP contribution in [0, 0.1) is 0 Å². The van der Waals surface area contributed by atoms with Crippen LogP contribution in [-0.4, -0.2) is 39.3 Å². The highest BCUT2D eigenvalue weighted by Gasteiger charge is 2.39. The van der Waals surface area contributed by atoms with Gasteiger partial charge in [0.1, 0.15) is 0 Å². The van der Waals surface area contributed by atoms with Crippen LogP contribution in [0.15, 0.2) is 36.4 Å². The molecule has 2 aliphatic heterocycles. The minimum Gasteiger partial charge on any atom is -0.493 e. The molecule has 27 heavy (non-hydrogen) atoms. The van der Waals surface area contributed by atoms with Gasteiger partial charge in [-0.2, -0.15) is 0 Å². The van der Waals surface area contributed by atoms with Crippen molar-refractivity contribution in [3.05, 3.63) is 47.5 Å². The summed E-state index contributed by atoms with van der Waals surface area (Å²) in [5.41, 5.74) is 3.82. The van der Waals surface area contributed by atoms with Crippen LogP contribution in [0.3, 0.4) is 0 Å². The third-order valence-corrected chi connectivity index (χ3v) is 5.45. The summed E-state index contributed by atoms with van der Waals surface area (Å²) in [6.07, 6.45) is 2.95. The normalized spacial score (nSPS) is 17.9. The molecule has 0 N–H and O–H groups in total. The molecule has 2 aromatic carbocycles. The van der Waals surface area contributed by atoms with Crippen molar-refractivity contribution >= 4 is 17.3 Å². The second-order valence-electron chi connectivity index (χ2n) is 7.26. The molecule has 142 valence electrons. The van der Waals surface area contributed by atoms with E-state index in [2.05, 4.69) is 17.9 Å². The maximum atomic E-state index is 13.5. The molecule has 1 amide bonds. The van der Waals surface area contributed by atoms with Gasteiger partial charge in [-0.3, -0.25) is 4.79 Å². The lowest BCUT2D eigenvalue weighted by Crippen LogP contribution is -2.41. The number of fused-ring (bicyclic) bond motifs is 4. The Morgan fingerprint density at radius 3 is 2.74 bits per heavy atom. The Balaban J connectivity index is 1.76. The minimum absolute atomic E-state index is 0.0303. The van der Waals surface area contributed by atoms with Gasteiger partial charge in [0.25, 0.3) is 5.91 Å². The van der Waals surface area contributed by atoms with Crippen LogP contribution in [0.4, 0.5) is 11.4 Å². The Bertz CT molecular complexity index is 865. The van der Waals surface area contributed by atoms with Crippen LogP contribution >= 0.6 is 0 Å². The first kappa shape index (κ1) is 17.7. The van der Waals surface area contributed by atoms with Crippen molar-refractivity contribution < 1.29 is 14.3 Å². The fourth-order valence-corrected chi connectivity index (χ4v) is 4.06. The second kappa shape index (κ2) is 7.14. The first-order valence-corrected chi connectivity index (χ1v) is 9.61. The number of benzene rings is 2. The van der Waals surface area contributed by atoms with E-state index in [1.165, 1.54) is 5.56 Å². The Kier molecular flexibility index (Phi) is 4.68. The SMILES string of the molecule is CCCCOc1cc2c(cc1OC)C(=O)N1c3ccccc3C[C@H]1CN2C. The molecule has 2 heterocycles. The smallest absolute Gasteiger partial charge is 0.260 e. The molecule has 2 aromatic rings. The van der Waals surface area contributed by atoms with Gasteiger partial charge in [0.05, 0.1) is 31.0 Å². The van der Waals surface area contributed by atoms with E-state index in [9.17, 15) is 4.79 Å². The lowest BCUT2D eigenvalue weighted by molar-refractivity contribution is 0.0983. The van der Waals surface area contributed by atoms with Gasteiger partial charge >= 0.3 is 0 Å². The number of methoxy groups -OCH3 is 1. The van der Waals surface area contributed by atoms with E-state index in [4.69, 9.17) is 9.47 Å². The van der Waals surface area contributed by atoms with Gasteiger partial charge in [0.2, 0.25) is 0 Å². The second-order valence-corrected chi connectivity index (χ2v) is 7.26. The zero-order chi connectivity index (χ0) is 19.0. The topological polar surface area (TPSA) is 42.0 Å². The highest BCUT2D eigenvalue weighted by Crippen LogP contribution is 2.41. The molecule has 5 nitrogen and oxygen atoms in total. The van der Waals surface area contributed by atoms with Crippen LogP contribution in [-0.2, 0) is 6.42 Å². The van der Waals surface area contributed by atoms with Crippen molar-refractivity contribution in [2.24, 2.45) is 0 Å². The maximum absolute atomic E-state index is 13.5. The van der Waals surface area contributed by atoms with Gasteiger partial charge in [0, 0.05) is 25.3 Å². The highest BCUT2D eigenvalue weighted by atomic mass is 16.5. The van der Waals surface area contributed by atoms with Gasteiger partial charge in [0.15, 0.2) is 11.5 Å². The van der Waals surface area contributed by atoms with Crippen molar-refractivity contribution in [1.29, 1.82) is 0 Å². The monoisotopic (exact) mass is 366 g/mol. The number of amides is 1. The minimum atomic E-state index is 0.0303. The molecule has 5 heteroatoms. The Morgan fingerprint density at radius 2 is 1.96 bits per heavy atom. The zero-order valence-corrected chi connectivity index (χ0v) is 16.2. The molecule has 0 saturated carbocycles. The predicted octanol–water partition coefficient (Wildman–Crippen LogP) is 3.90. The van der Waals surface area contributed by atoms with E-state index in [1.807, 2.05) is 42.3 Å². The number of nitrogens with zero attached hydrogens (tertiary/aromatic N) is 2. The number of unbranched alkanes of at least 4 members (excludes halogenated alkanes) is 1. The van der Waals surface area contributed by atoms with Crippen molar-refractivity contribution in [3.8, 4) is 11.5 Å². The van der Waals surface area contributed by atoms with Gasteiger partial charge in [-0.25, -0.2) is 0 Å². The molecule has 2 aliphatic rings. The fourth-order valence-electron chi connectivity index (χ4n) is 4.06. The Labute approximate surface area is 160 Å². The van der Waals surface area contributed by atoms with E-state index in [0.717, 1.165) is 37.2 Å². The molecule has 1 atom stereocenters. The molecule has 0 saturated heterocycles. The molecule has 0 spiro atoms. The van der Waals surface area contributed by atoms with Gasteiger partial charge in [-0.05, 0) is 30.5 Å². The zero-order valence-electron chi connectivity index (χ0n) is 16.2. The summed E-state index contributed by atoms with van der Waals surface area (Å²) in [7, 11) is 3.66. The van der Waals surface area contributed by atoms with E-state index < -0.39 is 0 Å². The number of hydrogen-bond donors (Lipinski definition) is 0. The molecule has 4 rings (SSSR count). The van der Waals surface area contributed by atoms with E-state index in [0.29, 0.717) is 23.7 Å². The number of carbonyl (C=O) groups is 1. The number of para-hydroxylation sites is 1. The lowest BCUT2D eigenvalue weighted by Gasteiger charge is -2.25. The highest BCUT2D eigenvalue weighted by molar-refractivity contribution is 6.12. The summed E-state index contributed by atoms with van der Waals surface area (Å²) in [6.45, 7) is 3.56. The van der Waals surface area contributed by atoms with Crippen molar-refractivity contribution in [2.75, 3.05) is 37.1 Å². The number of likely N-dealkylation sites (N-methyl/N-ethyl adjacent to an activating group) is 1. The molecule has 0 aromatic heterocycles. The van der Waals surface area contributed by atoms with Crippen LogP contribution in [0.2, 0.25) is 0 Å². The number of anilines is 2. The molecule has 0 unspecified atom stereocenters.